The number of hydrogen-bond acceptors (Lipinski definition) is 3. The maximum absolute atomic E-state index is 4.94. The van der Waals surface area contributed by atoms with Crippen LogP contribution in [0.5, 0.6) is 0 Å². The molecule has 0 atom stereocenters. The number of aromatic nitrogens is 2. The second-order valence-electron chi connectivity index (χ2n) is 6.18. The topological polar surface area (TPSA) is 33.1 Å². The minimum Gasteiger partial charge on any atom is -0.369 e. The number of anilines is 1. The fraction of sp³-hybridized carbons (Fsp3) is 0.471. The van der Waals surface area contributed by atoms with Gasteiger partial charge in [0.1, 0.15) is 5.82 Å². The van der Waals surface area contributed by atoms with Crippen molar-refractivity contribution in [1.82, 2.24) is 14.7 Å². The molecule has 4 rings (SSSR count). The smallest absolute Gasteiger partial charge is 0.133 e. The summed E-state index contributed by atoms with van der Waals surface area (Å²) in [6.45, 7) is 4.48. The van der Waals surface area contributed by atoms with Gasteiger partial charge in [0, 0.05) is 22.2 Å². The molecule has 0 unspecified atom stereocenters. The van der Waals surface area contributed by atoms with Crippen LogP contribution in [-0.4, -0.2) is 34.3 Å². The number of nitrogens with zero attached hydrogens (tertiary/aromatic N) is 3. The van der Waals surface area contributed by atoms with Gasteiger partial charge in [-0.3, -0.25) is 4.90 Å². The molecule has 2 aliphatic rings. The molecule has 0 aliphatic carbocycles. The van der Waals surface area contributed by atoms with Crippen LogP contribution in [-0.2, 0) is 13.0 Å². The van der Waals surface area contributed by atoms with Crippen molar-refractivity contribution in [2.24, 2.45) is 0 Å². The highest BCUT2D eigenvalue weighted by Crippen LogP contribution is 2.30. The van der Waals surface area contributed by atoms with Crippen molar-refractivity contribution in [3.05, 3.63) is 39.1 Å². The largest absolute Gasteiger partial charge is 0.369 e. The third kappa shape index (κ3) is 2.76. The molecule has 0 bridgehead atoms. The van der Waals surface area contributed by atoms with E-state index in [9.17, 15) is 0 Å². The average Bonchev–Trinajstić information content (AvgIpc) is 3.13. The predicted molar refractivity (Wildman–Crippen MR) is 97.6 cm³/mol. The lowest BCUT2D eigenvalue weighted by Crippen LogP contribution is -2.29. The van der Waals surface area contributed by atoms with Gasteiger partial charge in [-0.2, -0.15) is 5.10 Å². The molecule has 0 radical (unpaired) electrons. The maximum atomic E-state index is 4.94. The Labute approximate surface area is 145 Å². The van der Waals surface area contributed by atoms with E-state index in [1.54, 1.807) is 0 Å². The zero-order valence-electron chi connectivity index (χ0n) is 12.7. The van der Waals surface area contributed by atoms with Crippen molar-refractivity contribution >= 4 is 28.4 Å². The van der Waals surface area contributed by atoms with E-state index in [0.29, 0.717) is 0 Å². The highest BCUT2D eigenvalue weighted by atomic mass is 127. The summed E-state index contributed by atoms with van der Waals surface area (Å²) >= 11 is 2.34. The zero-order chi connectivity index (χ0) is 14.9. The number of halogens is 1. The van der Waals surface area contributed by atoms with Crippen LogP contribution >= 0.6 is 22.6 Å². The lowest BCUT2D eigenvalue weighted by atomic mass is 10.1. The van der Waals surface area contributed by atoms with Crippen LogP contribution in [0.1, 0.15) is 30.5 Å². The summed E-state index contributed by atoms with van der Waals surface area (Å²) in [6, 6.07) is 8.59. The van der Waals surface area contributed by atoms with Gasteiger partial charge < -0.3 is 5.32 Å². The van der Waals surface area contributed by atoms with E-state index in [4.69, 9.17) is 5.10 Å². The molecule has 2 aliphatic heterocycles. The summed E-state index contributed by atoms with van der Waals surface area (Å²) in [5, 5.41) is 8.46. The van der Waals surface area contributed by atoms with Crippen molar-refractivity contribution < 1.29 is 0 Å². The number of hydrogen-bond donors (Lipinski definition) is 1. The first-order valence-electron chi connectivity index (χ1n) is 8.14. The van der Waals surface area contributed by atoms with Gasteiger partial charge in [0.25, 0.3) is 0 Å². The Morgan fingerprint density at radius 3 is 2.64 bits per heavy atom. The first kappa shape index (κ1) is 14.5. The normalized spacial score (nSPS) is 18.2. The number of nitrogens with one attached hydrogen (secondary N) is 1. The van der Waals surface area contributed by atoms with E-state index in [1.165, 1.54) is 53.0 Å². The fourth-order valence-electron chi connectivity index (χ4n) is 3.47. The van der Waals surface area contributed by atoms with Crippen LogP contribution in [0.15, 0.2) is 24.3 Å². The lowest BCUT2D eigenvalue weighted by molar-refractivity contribution is 0.217. The van der Waals surface area contributed by atoms with Crippen LogP contribution in [0.2, 0.25) is 0 Å². The molecule has 1 fully saturated rings. The highest BCUT2D eigenvalue weighted by molar-refractivity contribution is 14.1. The molecule has 22 heavy (non-hydrogen) atoms. The predicted octanol–water partition coefficient (Wildman–Crippen LogP) is 3.43. The van der Waals surface area contributed by atoms with E-state index in [2.05, 4.69) is 61.8 Å². The highest BCUT2D eigenvalue weighted by Gasteiger charge is 2.24. The average molecular weight is 408 g/mol. The molecule has 5 heteroatoms. The van der Waals surface area contributed by atoms with Gasteiger partial charge in [0.2, 0.25) is 0 Å². The molecule has 0 spiro atoms. The molecular weight excluding hydrogens is 387 g/mol. The first-order valence-corrected chi connectivity index (χ1v) is 9.22. The Morgan fingerprint density at radius 2 is 1.86 bits per heavy atom. The molecule has 0 amide bonds. The number of benzene rings is 1. The van der Waals surface area contributed by atoms with Gasteiger partial charge in [-0.05, 0) is 79.2 Å². The summed E-state index contributed by atoms with van der Waals surface area (Å²) in [7, 11) is 0. The van der Waals surface area contributed by atoms with Gasteiger partial charge in [0.15, 0.2) is 0 Å². The van der Waals surface area contributed by atoms with Crippen LogP contribution < -0.4 is 5.32 Å². The molecule has 2 aromatic rings. The Morgan fingerprint density at radius 1 is 1.09 bits per heavy atom. The summed E-state index contributed by atoms with van der Waals surface area (Å²) in [4.78, 5) is 2.56. The Balaban J connectivity index is 1.65. The van der Waals surface area contributed by atoms with Crippen molar-refractivity contribution in [3.63, 3.8) is 0 Å². The molecule has 1 N–H and O–H groups in total. The van der Waals surface area contributed by atoms with E-state index < -0.39 is 0 Å². The molecule has 3 heterocycles. The van der Waals surface area contributed by atoms with Crippen molar-refractivity contribution in [1.29, 1.82) is 0 Å². The number of likely N-dealkylation sites (tertiary alicyclic amines) is 1. The van der Waals surface area contributed by atoms with Crippen LogP contribution in [0.3, 0.4) is 0 Å². The molecule has 1 aromatic carbocycles. The molecule has 0 saturated carbocycles. The Bertz CT molecular complexity index is 656. The minimum absolute atomic E-state index is 1.00. The zero-order valence-corrected chi connectivity index (χ0v) is 14.8. The SMILES string of the molecule is Ic1ccc(-n2nc(CN3CCCCC3)c3c2NCC3)cc1. The van der Waals surface area contributed by atoms with Crippen molar-refractivity contribution in [2.45, 2.75) is 32.2 Å². The Kier molecular flexibility index (Phi) is 4.09. The summed E-state index contributed by atoms with van der Waals surface area (Å²) in [5.41, 5.74) is 3.83. The second-order valence-corrected chi connectivity index (χ2v) is 7.42. The van der Waals surface area contributed by atoms with E-state index in [-0.39, 0.29) is 0 Å². The second kappa shape index (κ2) is 6.20. The third-order valence-electron chi connectivity index (χ3n) is 4.63. The van der Waals surface area contributed by atoms with Crippen molar-refractivity contribution in [3.8, 4) is 5.69 Å². The third-order valence-corrected chi connectivity index (χ3v) is 5.35. The molecule has 1 aromatic heterocycles. The number of rotatable bonds is 3. The minimum atomic E-state index is 1.00. The van der Waals surface area contributed by atoms with Crippen LogP contribution in [0.4, 0.5) is 5.82 Å². The molecule has 1 saturated heterocycles. The number of fused-ring (bicyclic) bond motifs is 1. The first-order chi connectivity index (χ1) is 10.8. The number of piperidine rings is 1. The fourth-order valence-corrected chi connectivity index (χ4v) is 3.83. The van der Waals surface area contributed by atoms with Crippen molar-refractivity contribution in [2.75, 3.05) is 25.0 Å². The van der Waals surface area contributed by atoms with Gasteiger partial charge >= 0.3 is 0 Å². The maximum Gasteiger partial charge on any atom is 0.133 e. The molecular formula is C17H21IN4. The van der Waals surface area contributed by atoms with Crippen LogP contribution in [0, 0.1) is 3.57 Å². The monoisotopic (exact) mass is 408 g/mol. The lowest BCUT2D eigenvalue weighted by Gasteiger charge is -2.25. The van der Waals surface area contributed by atoms with Gasteiger partial charge in [-0.15, -0.1) is 0 Å². The molecule has 4 nitrogen and oxygen atoms in total. The van der Waals surface area contributed by atoms with Crippen LogP contribution in [0.25, 0.3) is 5.69 Å². The van der Waals surface area contributed by atoms with E-state index in [1.807, 2.05) is 0 Å². The standard InChI is InChI=1S/C17H21IN4/c18-13-4-6-14(7-5-13)22-17-15(8-9-19-17)16(20-22)12-21-10-2-1-3-11-21/h4-7,19H,1-3,8-12H2. The molecule has 116 valence electrons. The van der Waals surface area contributed by atoms with E-state index >= 15 is 0 Å². The summed E-state index contributed by atoms with van der Waals surface area (Å²) in [5.74, 6) is 1.20. The summed E-state index contributed by atoms with van der Waals surface area (Å²) < 4.78 is 3.35. The quantitative estimate of drug-likeness (QED) is 0.791. The Hall–Kier alpha value is -1.08. The van der Waals surface area contributed by atoms with Gasteiger partial charge in [-0.25, -0.2) is 4.68 Å². The van der Waals surface area contributed by atoms with Gasteiger partial charge in [-0.1, -0.05) is 6.42 Å². The summed E-state index contributed by atoms with van der Waals surface area (Å²) in [6.07, 6.45) is 5.15. The van der Waals surface area contributed by atoms with E-state index in [0.717, 1.165) is 25.2 Å². The van der Waals surface area contributed by atoms with Gasteiger partial charge in [0.05, 0.1) is 11.4 Å².